The number of amides is 1. The molecule has 2 rings (SSSR count). The van der Waals surface area contributed by atoms with Crippen LogP contribution in [0.15, 0.2) is 12.4 Å². The van der Waals surface area contributed by atoms with E-state index < -0.39 is 9.84 Å². The quantitative estimate of drug-likeness (QED) is 0.836. The lowest BCUT2D eigenvalue weighted by Gasteiger charge is -2.17. The Hall–Kier alpha value is -1.70. The molecule has 1 atom stereocenters. The summed E-state index contributed by atoms with van der Waals surface area (Å²) in [5, 5.41) is 3.07. The number of hydrogen-bond donors (Lipinski definition) is 1. The SMILES string of the molecule is CCCCN(C)C(=O)c1cc(NC2CCS(=O)(=O)C2)ncn1. The number of rotatable bonds is 6. The molecule has 0 aliphatic carbocycles. The molecule has 22 heavy (non-hydrogen) atoms. The standard InChI is InChI=1S/C14H22N4O3S/c1-3-4-6-18(2)14(19)12-8-13(16-10-15-12)17-11-5-7-22(20,21)9-11/h8,10-11H,3-7,9H2,1-2H3,(H,15,16,17). The van der Waals surface area contributed by atoms with E-state index in [-0.39, 0.29) is 23.5 Å². The third-order valence-corrected chi connectivity index (χ3v) is 5.43. The van der Waals surface area contributed by atoms with Gasteiger partial charge in [0, 0.05) is 25.7 Å². The number of anilines is 1. The van der Waals surface area contributed by atoms with Crippen LogP contribution in [0, 0.1) is 0 Å². The van der Waals surface area contributed by atoms with E-state index in [2.05, 4.69) is 22.2 Å². The number of aromatic nitrogens is 2. The van der Waals surface area contributed by atoms with E-state index in [9.17, 15) is 13.2 Å². The number of carbonyl (C=O) groups excluding carboxylic acids is 1. The molecule has 1 aromatic heterocycles. The van der Waals surface area contributed by atoms with E-state index in [0.29, 0.717) is 24.5 Å². The van der Waals surface area contributed by atoms with Crippen molar-refractivity contribution >= 4 is 21.6 Å². The van der Waals surface area contributed by atoms with Gasteiger partial charge in [-0.2, -0.15) is 0 Å². The molecule has 1 aliphatic rings. The molecule has 0 bridgehead atoms. The fourth-order valence-corrected chi connectivity index (χ4v) is 4.04. The molecule has 1 amide bonds. The molecule has 0 saturated carbocycles. The Balaban J connectivity index is 2.02. The van der Waals surface area contributed by atoms with Gasteiger partial charge in [-0.1, -0.05) is 13.3 Å². The summed E-state index contributed by atoms with van der Waals surface area (Å²) in [5.41, 5.74) is 0.317. The van der Waals surface area contributed by atoms with Gasteiger partial charge in [-0.25, -0.2) is 18.4 Å². The van der Waals surface area contributed by atoms with E-state index in [1.165, 1.54) is 6.33 Å². The molecule has 1 N–H and O–H groups in total. The van der Waals surface area contributed by atoms with Gasteiger partial charge in [-0.15, -0.1) is 0 Å². The molecule has 1 saturated heterocycles. The van der Waals surface area contributed by atoms with Crippen LogP contribution in [0.25, 0.3) is 0 Å². The summed E-state index contributed by atoms with van der Waals surface area (Å²) in [4.78, 5) is 22.0. The Morgan fingerprint density at radius 2 is 2.23 bits per heavy atom. The summed E-state index contributed by atoms with van der Waals surface area (Å²) in [6, 6.07) is 1.43. The molecule has 1 aliphatic heterocycles. The summed E-state index contributed by atoms with van der Waals surface area (Å²) in [6.45, 7) is 2.75. The van der Waals surface area contributed by atoms with Crippen molar-refractivity contribution < 1.29 is 13.2 Å². The summed E-state index contributed by atoms with van der Waals surface area (Å²) in [7, 11) is -1.20. The van der Waals surface area contributed by atoms with Crippen molar-refractivity contribution in [2.75, 3.05) is 30.4 Å². The van der Waals surface area contributed by atoms with Crippen LogP contribution in [-0.4, -0.2) is 60.3 Å². The molecule has 0 spiro atoms. The number of carbonyl (C=O) groups is 1. The van der Waals surface area contributed by atoms with Crippen molar-refractivity contribution in [1.29, 1.82) is 0 Å². The molecule has 7 nitrogen and oxygen atoms in total. The number of sulfone groups is 1. The minimum Gasteiger partial charge on any atom is -0.366 e. The van der Waals surface area contributed by atoms with Crippen LogP contribution >= 0.6 is 0 Å². The summed E-state index contributed by atoms with van der Waals surface area (Å²) in [5.74, 6) is 0.639. The van der Waals surface area contributed by atoms with Crippen LogP contribution in [0.2, 0.25) is 0 Å². The number of hydrogen-bond acceptors (Lipinski definition) is 6. The topological polar surface area (TPSA) is 92.3 Å². The average Bonchev–Trinajstić information content (AvgIpc) is 2.83. The Kier molecular flexibility index (Phi) is 5.33. The molecular weight excluding hydrogens is 304 g/mol. The third kappa shape index (κ3) is 4.40. The first kappa shape index (κ1) is 16.7. The summed E-state index contributed by atoms with van der Waals surface area (Å²) in [6.07, 6.45) is 3.85. The number of nitrogens with one attached hydrogen (secondary N) is 1. The van der Waals surface area contributed by atoms with Crippen LogP contribution in [0.5, 0.6) is 0 Å². The van der Waals surface area contributed by atoms with Gasteiger partial charge in [0.05, 0.1) is 11.5 Å². The highest BCUT2D eigenvalue weighted by molar-refractivity contribution is 7.91. The van der Waals surface area contributed by atoms with E-state index in [1.54, 1.807) is 18.0 Å². The van der Waals surface area contributed by atoms with Crippen molar-refractivity contribution in [3.8, 4) is 0 Å². The predicted molar refractivity (Wildman–Crippen MR) is 84.6 cm³/mol. The molecule has 1 aromatic rings. The summed E-state index contributed by atoms with van der Waals surface area (Å²) >= 11 is 0. The fourth-order valence-electron chi connectivity index (χ4n) is 2.36. The molecule has 1 unspecified atom stereocenters. The molecule has 122 valence electrons. The third-order valence-electron chi connectivity index (χ3n) is 3.66. The average molecular weight is 326 g/mol. The first-order chi connectivity index (χ1) is 10.4. The highest BCUT2D eigenvalue weighted by Gasteiger charge is 2.28. The molecule has 8 heteroatoms. The normalized spacial score (nSPS) is 19.8. The van der Waals surface area contributed by atoms with Crippen LogP contribution in [0.3, 0.4) is 0 Å². The second kappa shape index (κ2) is 7.04. The van der Waals surface area contributed by atoms with Gasteiger partial charge in [0.25, 0.3) is 5.91 Å². The van der Waals surface area contributed by atoms with E-state index in [1.807, 2.05) is 0 Å². The second-order valence-electron chi connectivity index (χ2n) is 5.61. The maximum atomic E-state index is 12.3. The van der Waals surface area contributed by atoms with Gasteiger partial charge in [0.2, 0.25) is 0 Å². The van der Waals surface area contributed by atoms with Gasteiger partial charge >= 0.3 is 0 Å². The predicted octanol–water partition coefficient (Wildman–Crippen LogP) is 0.948. The first-order valence-electron chi connectivity index (χ1n) is 7.46. The van der Waals surface area contributed by atoms with Crippen molar-refractivity contribution in [3.63, 3.8) is 0 Å². The van der Waals surface area contributed by atoms with E-state index in [0.717, 1.165) is 12.8 Å². The van der Waals surface area contributed by atoms with Crippen LogP contribution in [-0.2, 0) is 9.84 Å². The van der Waals surface area contributed by atoms with Crippen molar-refractivity contribution in [2.24, 2.45) is 0 Å². The molecular formula is C14H22N4O3S. The Bertz CT molecular complexity index is 633. The number of unbranched alkanes of at least 4 members (excludes halogenated alkanes) is 1. The highest BCUT2D eigenvalue weighted by Crippen LogP contribution is 2.16. The highest BCUT2D eigenvalue weighted by atomic mass is 32.2. The van der Waals surface area contributed by atoms with Crippen LogP contribution in [0.1, 0.15) is 36.7 Å². The van der Waals surface area contributed by atoms with Crippen LogP contribution in [0.4, 0.5) is 5.82 Å². The van der Waals surface area contributed by atoms with Gasteiger partial charge < -0.3 is 10.2 Å². The minimum absolute atomic E-state index is 0.108. The lowest BCUT2D eigenvalue weighted by Crippen LogP contribution is -2.29. The maximum absolute atomic E-state index is 12.3. The zero-order valence-electron chi connectivity index (χ0n) is 12.9. The summed E-state index contributed by atoms with van der Waals surface area (Å²) < 4.78 is 22.9. The lowest BCUT2D eigenvalue weighted by atomic mass is 10.2. The van der Waals surface area contributed by atoms with E-state index >= 15 is 0 Å². The van der Waals surface area contributed by atoms with Crippen LogP contribution < -0.4 is 5.32 Å². The fraction of sp³-hybridized carbons (Fsp3) is 0.643. The zero-order valence-corrected chi connectivity index (χ0v) is 13.8. The Morgan fingerprint density at radius 3 is 2.86 bits per heavy atom. The zero-order chi connectivity index (χ0) is 16.2. The molecule has 0 aromatic carbocycles. The van der Waals surface area contributed by atoms with Crippen molar-refractivity contribution in [2.45, 2.75) is 32.2 Å². The monoisotopic (exact) mass is 326 g/mol. The molecule has 2 heterocycles. The smallest absolute Gasteiger partial charge is 0.272 e. The number of nitrogens with zero attached hydrogens (tertiary/aromatic N) is 3. The van der Waals surface area contributed by atoms with Crippen molar-refractivity contribution in [3.05, 3.63) is 18.1 Å². The lowest BCUT2D eigenvalue weighted by molar-refractivity contribution is 0.0787. The van der Waals surface area contributed by atoms with Gasteiger partial charge in [0.1, 0.15) is 17.8 Å². The minimum atomic E-state index is -2.95. The van der Waals surface area contributed by atoms with Gasteiger partial charge in [-0.05, 0) is 12.8 Å². The molecule has 0 radical (unpaired) electrons. The van der Waals surface area contributed by atoms with Crippen molar-refractivity contribution in [1.82, 2.24) is 14.9 Å². The van der Waals surface area contributed by atoms with Gasteiger partial charge in [0.15, 0.2) is 9.84 Å². The van der Waals surface area contributed by atoms with E-state index in [4.69, 9.17) is 0 Å². The maximum Gasteiger partial charge on any atom is 0.272 e. The Morgan fingerprint density at radius 1 is 1.45 bits per heavy atom. The largest absolute Gasteiger partial charge is 0.366 e. The Labute approximate surface area is 131 Å². The molecule has 1 fully saturated rings. The second-order valence-corrected chi connectivity index (χ2v) is 7.84. The first-order valence-corrected chi connectivity index (χ1v) is 9.28. The van der Waals surface area contributed by atoms with Gasteiger partial charge in [-0.3, -0.25) is 4.79 Å².